The zero-order valence-electron chi connectivity index (χ0n) is 13.9. The first kappa shape index (κ1) is 16.4. The summed E-state index contributed by atoms with van der Waals surface area (Å²) in [5.41, 5.74) is 0.659. The molecule has 1 amide bonds. The Labute approximate surface area is 141 Å². The highest BCUT2D eigenvalue weighted by Crippen LogP contribution is 2.18. The molecule has 7 nitrogen and oxygen atoms in total. The lowest BCUT2D eigenvalue weighted by molar-refractivity contribution is 0.0927. The minimum atomic E-state index is -0.0108. The van der Waals surface area contributed by atoms with Crippen LogP contribution in [0.2, 0.25) is 0 Å². The highest BCUT2D eigenvalue weighted by atomic mass is 16.5. The van der Waals surface area contributed by atoms with Gasteiger partial charge in [-0.1, -0.05) is 19.3 Å². The van der Waals surface area contributed by atoms with Crippen molar-refractivity contribution in [2.75, 3.05) is 0 Å². The lowest BCUT2D eigenvalue weighted by Crippen LogP contribution is -2.36. The smallest absolute Gasteiger partial charge is 0.251 e. The lowest BCUT2D eigenvalue weighted by Gasteiger charge is -2.22. The lowest BCUT2D eigenvalue weighted by atomic mass is 9.95. The molecule has 24 heavy (non-hydrogen) atoms. The molecule has 0 radical (unpaired) electrons. The number of aryl methyl sites for hydroxylation is 1. The standard InChI is InChI=1S/C17H23N5O2/c1-2-22-16(19-20-21-22)12-24-15-10-8-13(9-11-15)17(23)18-14-6-4-3-5-7-14/h8-11,14H,2-7,12H2,1H3,(H,18,23). The fraction of sp³-hybridized carbons (Fsp3) is 0.529. The van der Waals surface area contributed by atoms with E-state index in [2.05, 4.69) is 20.8 Å². The van der Waals surface area contributed by atoms with Crippen LogP contribution in [-0.2, 0) is 13.2 Å². The summed E-state index contributed by atoms with van der Waals surface area (Å²) >= 11 is 0. The van der Waals surface area contributed by atoms with Crippen LogP contribution in [0.5, 0.6) is 5.75 Å². The maximum Gasteiger partial charge on any atom is 0.251 e. The van der Waals surface area contributed by atoms with E-state index in [1.165, 1.54) is 19.3 Å². The Bertz CT molecular complexity index is 662. The van der Waals surface area contributed by atoms with Crippen molar-refractivity contribution in [2.45, 2.75) is 58.2 Å². The number of rotatable bonds is 6. The normalized spacial score (nSPS) is 15.2. The van der Waals surface area contributed by atoms with E-state index in [0.29, 0.717) is 36.3 Å². The van der Waals surface area contributed by atoms with Crippen LogP contribution in [0.3, 0.4) is 0 Å². The van der Waals surface area contributed by atoms with Crippen LogP contribution in [0.25, 0.3) is 0 Å². The average Bonchev–Trinajstić information content (AvgIpc) is 3.09. The SMILES string of the molecule is CCn1nnnc1COc1ccc(C(=O)NC2CCCCC2)cc1. The first-order chi connectivity index (χ1) is 11.8. The third-order valence-electron chi connectivity index (χ3n) is 4.33. The minimum absolute atomic E-state index is 0.0108. The number of nitrogens with one attached hydrogen (secondary N) is 1. The summed E-state index contributed by atoms with van der Waals surface area (Å²) in [6.07, 6.45) is 5.85. The summed E-state index contributed by atoms with van der Waals surface area (Å²) < 4.78 is 7.37. The highest BCUT2D eigenvalue weighted by Gasteiger charge is 2.16. The molecule has 1 saturated carbocycles. The quantitative estimate of drug-likeness (QED) is 0.879. The van der Waals surface area contributed by atoms with Crippen molar-refractivity contribution in [2.24, 2.45) is 0 Å². The topological polar surface area (TPSA) is 81.9 Å². The van der Waals surface area contributed by atoms with Gasteiger partial charge in [-0.2, -0.15) is 0 Å². The van der Waals surface area contributed by atoms with Crippen molar-refractivity contribution in [3.8, 4) is 5.75 Å². The second-order valence-electron chi connectivity index (χ2n) is 6.03. The molecule has 7 heteroatoms. The van der Waals surface area contributed by atoms with Crippen molar-refractivity contribution in [3.63, 3.8) is 0 Å². The Hall–Kier alpha value is -2.44. The second kappa shape index (κ2) is 7.90. The summed E-state index contributed by atoms with van der Waals surface area (Å²) in [5, 5.41) is 14.5. The van der Waals surface area contributed by atoms with E-state index in [1.807, 2.05) is 6.92 Å². The summed E-state index contributed by atoms with van der Waals surface area (Å²) in [5.74, 6) is 1.36. The Morgan fingerprint density at radius 1 is 1.25 bits per heavy atom. The zero-order chi connectivity index (χ0) is 16.8. The second-order valence-corrected chi connectivity index (χ2v) is 6.03. The van der Waals surface area contributed by atoms with Crippen LogP contribution in [-0.4, -0.2) is 32.2 Å². The van der Waals surface area contributed by atoms with Gasteiger partial charge in [0.1, 0.15) is 12.4 Å². The molecule has 1 aromatic carbocycles. The van der Waals surface area contributed by atoms with Crippen LogP contribution < -0.4 is 10.1 Å². The molecule has 1 aliphatic carbocycles. The summed E-state index contributed by atoms with van der Waals surface area (Å²) in [6.45, 7) is 2.97. The van der Waals surface area contributed by atoms with Gasteiger partial charge >= 0.3 is 0 Å². The number of amides is 1. The van der Waals surface area contributed by atoms with Crippen molar-refractivity contribution in [1.29, 1.82) is 0 Å². The van der Waals surface area contributed by atoms with E-state index in [9.17, 15) is 4.79 Å². The monoisotopic (exact) mass is 329 g/mol. The first-order valence-electron chi connectivity index (χ1n) is 8.55. The van der Waals surface area contributed by atoms with Crippen LogP contribution in [0.15, 0.2) is 24.3 Å². The molecule has 2 aromatic rings. The zero-order valence-corrected chi connectivity index (χ0v) is 13.9. The van der Waals surface area contributed by atoms with Crippen LogP contribution >= 0.6 is 0 Å². The van der Waals surface area contributed by atoms with Gasteiger partial charge in [-0.3, -0.25) is 4.79 Å². The predicted octanol–water partition coefficient (Wildman–Crippen LogP) is 2.33. The van der Waals surface area contributed by atoms with Gasteiger partial charge in [-0.15, -0.1) is 5.10 Å². The average molecular weight is 329 g/mol. The fourth-order valence-corrected chi connectivity index (χ4v) is 2.94. The predicted molar refractivity (Wildman–Crippen MR) is 88.6 cm³/mol. The van der Waals surface area contributed by atoms with Gasteiger partial charge in [0, 0.05) is 18.2 Å². The molecule has 0 saturated heterocycles. The number of tetrazole rings is 1. The van der Waals surface area contributed by atoms with Crippen molar-refractivity contribution >= 4 is 5.91 Å². The molecule has 0 aliphatic heterocycles. The van der Waals surface area contributed by atoms with Crippen LogP contribution in [0.1, 0.15) is 55.2 Å². The van der Waals surface area contributed by atoms with Gasteiger partial charge in [0.2, 0.25) is 0 Å². The molecule has 0 unspecified atom stereocenters. The molecule has 1 N–H and O–H groups in total. The molecule has 0 spiro atoms. The summed E-state index contributed by atoms with van der Waals surface area (Å²) in [7, 11) is 0. The maximum atomic E-state index is 12.3. The molecular weight excluding hydrogens is 306 g/mol. The van der Waals surface area contributed by atoms with Crippen LogP contribution in [0, 0.1) is 0 Å². The number of nitrogens with zero attached hydrogens (tertiary/aromatic N) is 4. The molecular formula is C17H23N5O2. The number of hydrogen-bond acceptors (Lipinski definition) is 5. The van der Waals surface area contributed by atoms with E-state index in [1.54, 1.807) is 28.9 Å². The van der Waals surface area contributed by atoms with E-state index < -0.39 is 0 Å². The molecule has 1 aliphatic rings. The van der Waals surface area contributed by atoms with Gasteiger partial charge in [0.05, 0.1) is 0 Å². The highest BCUT2D eigenvalue weighted by molar-refractivity contribution is 5.94. The van der Waals surface area contributed by atoms with E-state index >= 15 is 0 Å². The van der Waals surface area contributed by atoms with Gasteiger partial charge < -0.3 is 10.1 Å². The number of aromatic nitrogens is 4. The van der Waals surface area contributed by atoms with Gasteiger partial charge in [-0.05, 0) is 54.5 Å². The largest absolute Gasteiger partial charge is 0.486 e. The molecule has 3 rings (SSSR count). The molecule has 0 bridgehead atoms. The number of carbonyl (C=O) groups excluding carboxylic acids is 1. The Morgan fingerprint density at radius 3 is 2.71 bits per heavy atom. The van der Waals surface area contributed by atoms with Crippen molar-refractivity contribution in [3.05, 3.63) is 35.7 Å². The Balaban J connectivity index is 1.53. The molecule has 0 atom stereocenters. The number of carbonyl (C=O) groups is 1. The summed E-state index contributed by atoms with van der Waals surface area (Å²) in [4.78, 5) is 12.3. The minimum Gasteiger partial charge on any atom is -0.486 e. The van der Waals surface area contributed by atoms with Crippen molar-refractivity contribution in [1.82, 2.24) is 25.5 Å². The number of hydrogen-bond donors (Lipinski definition) is 1. The third-order valence-corrected chi connectivity index (χ3v) is 4.33. The third kappa shape index (κ3) is 4.10. The Kier molecular flexibility index (Phi) is 5.40. The van der Waals surface area contributed by atoms with Gasteiger partial charge in [-0.25, -0.2) is 4.68 Å². The first-order valence-corrected chi connectivity index (χ1v) is 8.55. The number of benzene rings is 1. The van der Waals surface area contributed by atoms with E-state index in [0.717, 1.165) is 12.8 Å². The number of ether oxygens (including phenoxy) is 1. The molecule has 1 heterocycles. The maximum absolute atomic E-state index is 12.3. The van der Waals surface area contributed by atoms with Gasteiger partial charge in [0.25, 0.3) is 5.91 Å². The molecule has 1 aromatic heterocycles. The summed E-state index contributed by atoms with van der Waals surface area (Å²) in [6, 6.07) is 7.49. The van der Waals surface area contributed by atoms with Gasteiger partial charge in [0.15, 0.2) is 5.82 Å². The van der Waals surface area contributed by atoms with Crippen LogP contribution in [0.4, 0.5) is 0 Å². The van der Waals surface area contributed by atoms with E-state index in [4.69, 9.17) is 4.74 Å². The fourth-order valence-electron chi connectivity index (χ4n) is 2.94. The Morgan fingerprint density at radius 2 is 2.00 bits per heavy atom. The van der Waals surface area contributed by atoms with E-state index in [-0.39, 0.29) is 5.91 Å². The molecule has 128 valence electrons. The van der Waals surface area contributed by atoms with Crippen molar-refractivity contribution < 1.29 is 9.53 Å². The molecule has 1 fully saturated rings.